The molecule has 0 aliphatic rings. The van der Waals surface area contributed by atoms with E-state index in [0.29, 0.717) is 5.75 Å². The van der Waals surface area contributed by atoms with E-state index in [9.17, 15) is 13.2 Å². The molecule has 0 aliphatic heterocycles. The summed E-state index contributed by atoms with van der Waals surface area (Å²) in [7, 11) is 0. The van der Waals surface area contributed by atoms with E-state index in [1.54, 1.807) is 0 Å². The molecular formula is C13H10ClF3N2S. The quantitative estimate of drug-likeness (QED) is 0.603. The van der Waals surface area contributed by atoms with Gasteiger partial charge < -0.3 is 0 Å². The van der Waals surface area contributed by atoms with Crippen molar-refractivity contribution in [2.45, 2.75) is 23.9 Å². The smallest absolute Gasteiger partial charge is 0.218 e. The molecule has 2 aromatic rings. The summed E-state index contributed by atoms with van der Waals surface area (Å²) < 4.78 is 37.7. The lowest BCUT2D eigenvalue weighted by Crippen LogP contribution is -2.11. The number of aromatic nitrogens is 2. The van der Waals surface area contributed by atoms with E-state index in [-0.39, 0.29) is 10.2 Å². The lowest BCUT2D eigenvalue weighted by atomic mass is 10.2. The number of hydrogen-bond donors (Lipinski definition) is 0. The van der Waals surface area contributed by atoms with E-state index in [4.69, 9.17) is 11.6 Å². The summed E-state index contributed by atoms with van der Waals surface area (Å²) in [6, 6.07) is 9.07. The molecule has 0 atom stereocenters. The molecule has 1 aromatic heterocycles. The Morgan fingerprint density at radius 2 is 1.95 bits per heavy atom. The molecule has 0 amide bonds. The highest BCUT2D eigenvalue weighted by molar-refractivity contribution is 7.98. The van der Waals surface area contributed by atoms with Gasteiger partial charge in [0.1, 0.15) is 10.2 Å². The first-order valence-corrected chi connectivity index (χ1v) is 7.01. The van der Waals surface area contributed by atoms with Crippen LogP contribution in [0.1, 0.15) is 17.0 Å². The molecule has 0 fully saturated rings. The van der Waals surface area contributed by atoms with Gasteiger partial charge >= 0.3 is 6.18 Å². The van der Waals surface area contributed by atoms with Crippen molar-refractivity contribution in [2.24, 2.45) is 0 Å². The topological polar surface area (TPSA) is 25.8 Å². The Balaban J connectivity index is 2.16. The van der Waals surface area contributed by atoms with Gasteiger partial charge in [-0.3, -0.25) is 0 Å². The summed E-state index contributed by atoms with van der Waals surface area (Å²) in [5, 5.41) is -0.00195. The Hall–Kier alpha value is -1.27. The molecule has 2 rings (SSSR count). The van der Waals surface area contributed by atoms with Gasteiger partial charge in [0.2, 0.25) is 5.82 Å². The second kappa shape index (κ2) is 6.01. The average molecular weight is 319 g/mol. The standard InChI is InChI=1S/C13H10ClF3N2S/c1-8-3-2-4-9(5-8)7-20-11-6-10(14)18-12(19-11)13(15,16)17/h2-6H,7H2,1H3. The zero-order chi connectivity index (χ0) is 14.8. The summed E-state index contributed by atoms with van der Waals surface area (Å²) in [6.45, 7) is 1.96. The van der Waals surface area contributed by atoms with Gasteiger partial charge in [-0.05, 0) is 12.5 Å². The molecule has 0 unspecified atom stereocenters. The van der Waals surface area contributed by atoms with E-state index in [1.165, 1.54) is 17.8 Å². The van der Waals surface area contributed by atoms with Crippen LogP contribution >= 0.6 is 23.4 Å². The molecule has 20 heavy (non-hydrogen) atoms. The normalized spacial score (nSPS) is 11.7. The number of thioether (sulfide) groups is 1. The third-order valence-corrected chi connectivity index (χ3v) is 3.57. The van der Waals surface area contributed by atoms with Crippen LogP contribution in [0, 0.1) is 6.92 Å². The van der Waals surface area contributed by atoms with Crippen LogP contribution in [0.15, 0.2) is 35.4 Å². The first kappa shape index (κ1) is 15.1. The van der Waals surface area contributed by atoms with Crippen molar-refractivity contribution in [1.29, 1.82) is 0 Å². The average Bonchev–Trinajstić information content (AvgIpc) is 2.35. The number of rotatable bonds is 3. The lowest BCUT2D eigenvalue weighted by molar-refractivity contribution is -0.145. The van der Waals surface area contributed by atoms with Crippen LogP contribution in [0.4, 0.5) is 13.2 Å². The van der Waals surface area contributed by atoms with Crippen LogP contribution < -0.4 is 0 Å². The van der Waals surface area contributed by atoms with Gasteiger partial charge in [0.05, 0.1) is 0 Å². The van der Waals surface area contributed by atoms with Crippen molar-refractivity contribution in [3.8, 4) is 0 Å². The van der Waals surface area contributed by atoms with Crippen molar-refractivity contribution in [2.75, 3.05) is 0 Å². The fourth-order valence-corrected chi connectivity index (χ4v) is 2.65. The fourth-order valence-electron chi connectivity index (χ4n) is 1.56. The molecule has 0 radical (unpaired) electrons. The highest BCUT2D eigenvalue weighted by Gasteiger charge is 2.35. The molecule has 2 nitrogen and oxygen atoms in total. The Bertz CT molecular complexity index is 617. The van der Waals surface area contributed by atoms with Crippen LogP contribution in [0.25, 0.3) is 0 Å². The molecular weight excluding hydrogens is 309 g/mol. The molecule has 1 aromatic carbocycles. The number of benzene rings is 1. The lowest BCUT2D eigenvalue weighted by Gasteiger charge is -2.07. The predicted octanol–water partition coefficient (Wildman–Crippen LogP) is 4.75. The summed E-state index contributed by atoms with van der Waals surface area (Å²) in [6.07, 6.45) is -4.59. The van der Waals surface area contributed by atoms with Gasteiger partial charge in [0.25, 0.3) is 0 Å². The maximum absolute atomic E-state index is 12.6. The van der Waals surface area contributed by atoms with Gasteiger partial charge in [0.15, 0.2) is 0 Å². The minimum Gasteiger partial charge on any atom is -0.218 e. The molecule has 7 heteroatoms. The van der Waals surface area contributed by atoms with E-state index < -0.39 is 12.0 Å². The minimum absolute atomic E-state index is 0.207. The van der Waals surface area contributed by atoms with E-state index in [2.05, 4.69) is 9.97 Å². The molecule has 0 spiro atoms. The Morgan fingerprint density at radius 3 is 2.60 bits per heavy atom. The highest BCUT2D eigenvalue weighted by atomic mass is 35.5. The number of nitrogens with zero attached hydrogens (tertiary/aromatic N) is 2. The summed E-state index contributed by atoms with van der Waals surface area (Å²) in [5.74, 6) is -0.691. The Morgan fingerprint density at radius 1 is 1.20 bits per heavy atom. The fraction of sp³-hybridized carbons (Fsp3) is 0.231. The van der Waals surface area contributed by atoms with Gasteiger partial charge in [-0.2, -0.15) is 13.2 Å². The summed E-state index contributed by atoms with van der Waals surface area (Å²) in [5.41, 5.74) is 2.11. The first-order chi connectivity index (χ1) is 9.34. The monoisotopic (exact) mass is 318 g/mol. The van der Waals surface area contributed by atoms with Gasteiger partial charge in [0, 0.05) is 11.8 Å². The number of aryl methyl sites for hydroxylation is 1. The Kier molecular flexibility index (Phi) is 4.55. The third kappa shape index (κ3) is 4.11. The van der Waals surface area contributed by atoms with Crippen molar-refractivity contribution in [3.63, 3.8) is 0 Å². The molecule has 0 saturated heterocycles. The zero-order valence-electron chi connectivity index (χ0n) is 10.4. The van der Waals surface area contributed by atoms with Crippen LogP contribution in [0.3, 0.4) is 0 Å². The highest BCUT2D eigenvalue weighted by Crippen LogP contribution is 2.30. The van der Waals surface area contributed by atoms with Gasteiger partial charge in [-0.15, -0.1) is 11.8 Å². The van der Waals surface area contributed by atoms with Crippen LogP contribution in [-0.2, 0) is 11.9 Å². The van der Waals surface area contributed by atoms with E-state index in [0.717, 1.165) is 11.1 Å². The number of hydrogen-bond acceptors (Lipinski definition) is 3. The molecule has 1 heterocycles. The maximum Gasteiger partial charge on any atom is 0.451 e. The van der Waals surface area contributed by atoms with Crippen molar-refractivity contribution in [3.05, 3.63) is 52.4 Å². The van der Waals surface area contributed by atoms with E-state index in [1.807, 2.05) is 31.2 Å². The second-order valence-electron chi connectivity index (χ2n) is 4.13. The van der Waals surface area contributed by atoms with Crippen molar-refractivity contribution in [1.82, 2.24) is 9.97 Å². The number of alkyl halides is 3. The first-order valence-electron chi connectivity index (χ1n) is 5.65. The Labute approximate surface area is 123 Å². The molecule has 0 aliphatic carbocycles. The van der Waals surface area contributed by atoms with Gasteiger partial charge in [-0.1, -0.05) is 41.4 Å². The predicted molar refractivity (Wildman–Crippen MR) is 72.8 cm³/mol. The second-order valence-corrected chi connectivity index (χ2v) is 5.51. The van der Waals surface area contributed by atoms with Crippen LogP contribution in [-0.4, -0.2) is 9.97 Å². The maximum atomic E-state index is 12.6. The van der Waals surface area contributed by atoms with Crippen molar-refractivity contribution >= 4 is 23.4 Å². The molecule has 0 saturated carbocycles. The molecule has 0 bridgehead atoms. The van der Waals surface area contributed by atoms with Gasteiger partial charge in [-0.25, -0.2) is 9.97 Å². The zero-order valence-corrected chi connectivity index (χ0v) is 12.0. The molecule has 0 N–H and O–H groups in total. The third-order valence-electron chi connectivity index (χ3n) is 2.39. The largest absolute Gasteiger partial charge is 0.451 e. The van der Waals surface area contributed by atoms with Crippen LogP contribution in [0.5, 0.6) is 0 Å². The summed E-state index contributed by atoms with van der Waals surface area (Å²) >= 11 is 6.79. The minimum atomic E-state index is -4.59. The SMILES string of the molecule is Cc1cccc(CSc2cc(Cl)nc(C(F)(F)F)n2)c1. The van der Waals surface area contributed by atoms with Crippen molar-refractivity contribution < 1.29 is 13.2 Å². The van der Waals surface area contributed by atoms with E-state index >= 15 is 0 Å². The molecule has 106 valence electrons. The number of halogens is 4. The summed E-state index contributed by atoms with van der Waals surface area (Å²) in [4.78, 5) is 6.67. The van der Waals surface area contributed by atoms with Crippen LogP contribution in [0.2, 0.25) is 5.15 Å².